The molecule has 0 amide bonds. The lowest BCUT2D eigenvalue weighted by molar-refractivity contribution is 0.733. The molecule has 6 nitrogen and oxygen atoms in total. The molecule has 3 aromatic rings. The molecule has 0 unspecified atom stereocenters. The number of nitrogens with one attached hydrogen (secondary N) is 1. The van der Waals surface area contributed by atoms with Crippen molar-refractivity contribution in [3.63, 3.8) is 0 Å². The van der Waals surface area contributed by atoms with E-state index in [1.807, 2.05) is 27.8 Å². The zero-order valence-electron chi connectivity index (χ0n) is 14.1. The highest BCUT2D eigenvalue weighted by atomic mass is 32.2. The van der Waals surface area contributed by atoms with E-state index >= 15 is 0 Å². The Morgan fingerprint density at radius 1 is 1.33 bits per heavy atom. The topological polar surface area (TPSA) is 76.5 Å². The number of rotatable bonds is 4. The molecule has 24 heavy (non-hydrogen) atoms. The Bertz CT molecular complexity index is 982. The van der Waals surface area contributed by atoms with Crippen molar-refractivity contribution >= 4 is 33.3 Å². The van der Waals surface area contributed by atoms with E-state index in [1.54, 1.807) is 23.1 Å². The molecule has 1 atom stereocenters. The maximum absolute atomic E-state index is 12.4. The Hall–Kier alpha value is -1.67. The third-order valence-electron chi connectivity index (χ3n) is 4.54. The molecule has 1 fully saturated rings. The van der Waals surface area contributed by atoms with Crippen LogP contribution in [0.5, 0.6) is 0 Å². The summed E-state index contributed by atoms with van der Waals surface area (Å²) in [6, 6.07) is 0. The van der Waals surface area contributed by atoms with Crippen LogP contribution in [0.3, 0.4) is 0 Å². The fourth-order valence-electron chi connectivity index (χ4n) is 2.80. The Balaban J connectivity index is 1.66. The number of aromatic amines is 1. The van der Waals surface area contributed by atoms with Gasteiger partial charge in [0.05, 0.1) is 10.6 Å². The summed E-state index contributed by atoms with van der Waals surface area (Å²) in [6.07, 6.45) is 2.41. The van der Waals surface area contributed by atoms with Crippen LogP contribution in [0.25, 0.3) is 10.2 Å². The second kappa shape index (κ2) is 5.70. The molecule has 0 radical (unpaired) electrons. The molecule has 0 saturated heterocycles. The van der Waals surface area contributed by atoms with Crippen molar-refractivity contribution < 1.29 is 0 Å². The molecule has 0 spiro atoms. The van der Waals surface area contributed by atoms with Gasteiger partial charge in [-0.05, 0) is 39.2 Å². The van der Waals surface area contributed by atoms with E-state index in [0.717, 1.165) is 26.3 Å². The number of aromatic nitrogens is 5. The van der Waals surface area contributed by atoms with Crippen molar-refractivity contribution in [2.45, 2.75) is 49.9 Å². The maximum Gasteiger partial charge on any atom is 0.259 e. The molecule has 1 aliphatic carbocycles. The van der Waals surface area contributed by atoms with Crippen molar-refractivity contribution in [2.24, 2.45) is 7.05 Å². The number of aryl methyl sites for hydroxylation is 2. The molecule has 126 valence electrons. The number of thioether (sulfide) groups is 1. The Kier molecular flexibility index (Phi) is 3.76. The van der Waals surface area contributed by atoms with Crippen LogP contribution in [0.4, 0.5) is 0 Å². The first-order valence-corrected chi connectivity index (χ1v) is 9.71. The Morgan fingerprint density at radius 2 is 2.08 bits per heavy atom. The SMILES string of the molecule is Cc1sc2nc([C@H](C)Sc3nnc(C4CC4)n3C)[nH]c(=O)c2c1C. The summed E-state index contributed by atoms with van der Waals surface area (Å²) in [7, 11) is 2.01. The van der Waals surface area contributed by atoms with Crippen LogP contribution in [0.2, 0.25) is 0 Å². The van der Waals surface area contributed by atoms with Crippen LogP contribution in [-0.4, -0.2) is 24.7 Å². The largest absolute Gasteiger partial charge is 0.309 e. The van der Waals surface area contributed by atoms with Crippen LogP contribution < -0.4 is 5.56 Å². The van der Waals surface area contributed by atoms with Crippen LogP contribution in [-0.2, 0) is 7.05 Å². The molecule has 1 N–H and O–H groups in total. The van der Waals surface area contributed by atoms with Crippen LogP contribution in [0.15, 0.2) is 9.95 Å². The van der Waals surface area contributed by atoms with Gasteiger partial charge >= 0.3 is 0 Å². The second-order valence-corrected chi connectivity index (χ2v) is 8.86. The van der Waals surface area contributed by atoms with E-state index in [0.29, 0.717) is 17.1 Å². The van der Waals surface area contributed by atoms with E-state index in [9.17, 15) is 4.79 Å². The predicted molar refractivity (Wildman–Crippen MR) is 97.0 cm³/mol. The molecule has 4 rings (SSSR count). The van der Waals surface area contributed by atoms with Crippen molar-refractivity contribution in [1.82, 2.24) is 24.7 Å². The molecule has 1 aliphatic rings. The lowest BCUT2D eigenvalue weighted by Gasteiger charge is -2.10. The lowest BCUT2D eigenvalue weighted by Crippen LogP contribution is -2.12. The van der Waals surface area contributed by atoms with E-state index < -0.39 is 0 Å². The highest BCUT2D eigenvalue weighted by Crippen LogP contribution is 2.41. The molecular weight excluding hydrogens is 342 g/mol. The zero-order valence-corrected chi connectivity index (χ0v) is 15.7. The first kappa shape index (κ1) is 15.8. The number of nitrogens with zero attached hydrogens (tertiary/aromatic N) is 4. The minimum Gasteiger partial charge on any atom is -0.309 e. The Morgan fingerprint density at radius 3 is 2.79 bits per heavy atom. The van der Waals surface area contributed by atoms with E-state index in [1.165, 1.54) is 12.8 Å². The quantitative estimate of drug-likeness (QED) is 0.720. The molecule has 1 saturated carbocycles. The van der Waals surface area contributed by atoms with E-state index in [2.05, 4.69) is 24.7 Å². The van der Waals surface area contributed by atoms with Gasteiger partial charge < -0.3 is 9.55 Å². The van der Waals surface area contributed by atoms with Gasteiger partial charge in [-0.1, -0.05) is 11.8 Å². The van der Waals surface area contributed by atoms with Crippen molar-refractivity contribution in [3.8, 4) is 0 Å². The molecule has 3 aromatic heterocycles. The third-order valence-corrected chi connectivity index (χ3v) is 6.78. The first-order valence-electron chi connectivity index (χ1n) is 8.01. The highest BCUT2D eigenvalue weighted by Gasteiger charge is 2.29. The fourth-order valence-corrected chi connectivity index (χ4v) is 4.72. The Labute approximate surface area is 147 Å². The summed E-state index contributed by atoms with van der Waals surface area (Å²) >= 11 is 3.16. The fraction of sp³-hybridized carbons (Fsp3) is 0.500. The highest BCUT2D eigenvalue weighted by molar-refractivity contribution is 7.99. The maximum atomic E-state index is 12.4. The minimum atomic E-state index is -0.0547. The van der Waals surface area contributed by atoms with Crippen molar-refractivity contribution in [3.05, 3.63) is 32.4 Å². The smallest absolute Gasteiger partial charge is 0.259 e. The van der Waals surface area contributed by atoms with Gasteiger partial charge in [-0.25, -0.2) is 4.98 Å². The standard InChI is InChI=1S/C16H19N5OS2/c1-7-8(2)23-15-11(7)14(22)17-12(18-15)9(3)24-16-20-19-13(21(16)4)10-5-6-10/h9-10H,5-6H2,1-4H3,(H,17,18,22)/t9-/m0/s1. The summed E-state index contributed by atoms with van der Waals surface area (Å²) in [5, 5.41) is 10.2. The second-order valence-electron chi connectivity index (χ2n) is 6.35. The van der Waals surface area contributed by atoms with Gasteiger partial charge in [0.1, 0.15) is 16.5 Å². The van der Waals surface area contributed by atoms with Crippen LogP contribution in [0, 0.1) is 13.8 Å². The molecule has 3 heterocycles. The molecule has 0 aromatic carbocycles. The molecule has 0 bridgehead atoms. The first-order chi connectivity index (χ1) is 11.5. The summed E-state index contributed by atoms with van der Waals surface area (Å²) in [6.45, 7) is 6.04. The van der Waals surface area contributed by atoms with Crippen molar-refractivity contribution in [1.29, 1.82) is 0 Å². The molecular formula is C16H19N5OS2. The van der Waals surface area contributed by atoms with Gasteiger partial charge in [0.2, 0.25) is 0 Å². The van der Waals surface area contributed by atoms with Gasteiger partial charge in [-0.15, -0.1) is 21.5 Å². The van der Waals surface area contributed by atoms with Crippen molar-refractivity contribution in [2.75, 3.05) is 0 Å². The van der Waals surface area contributed by atoms with Crippen LogP contribution in [0.1, 0.15) is 53.0 Å². The third kappa shape index (κ3) is 2.57. The zero-order chi connectivity index (χ0) is 17.0. The number of hydrogen-bond donors (Lipinski definition) is 1. The average molecular weight is 361 g/mol. The monoisotopic (exact) mass is 361 g/mol. The molecule has 8 heteroatoms. The summed E-state index contributed by atoms with van der Waals surface area (Å²) in [5.74, 6) is 2.32. The van der Waals surface area contributed by atoms with Gasteiger partial charge in [-0.3, -0.25) is 4.79 Å². The number of fused-ring (bicyclic) bond motifs is 1. The van der Waals surface area contributed by atoms with E-state index in [-0.39, 0.29) is 10.8 Å². The number of thiophene rings is 1. The normalized spacial score (nSPS) is 16.0. The van der Waals surface area contributed by atoms with Gasteiger partial charge in [0, 0.05) is 17.8 Å². The van der Waals surface area contributed by atoms with Crippen LogP contribution >= 0.6 is 23.1 Å². The van der Waals surface area contributed by atoms with Gasteiger partial charge in [0.15, 0.2) is 5.16 Å². The predicted octanol–water partition coefficient (Wildman–Crippen LogP) is 3.46. The number of hydrogen-bond acceptors (Lipinski definition) is 6. The lowest BCUT2D eigenvalue weighted by atomic mass is 10.2. The summed E-state index contributed by atoms with van der Waals surface area (Å²) in [5.41, 5.74) is 0.971. The summed E-state index contributed by atoms with van der Waals surface area (Å²) < 4.78 is 2.06. The average Bonchev–Trinajstić information content (AvgIpc) is 3.25. The van der Waals surface area contributed by atoms with Gasteiger partial charge in [-0.2, -0.15) is 0 Å². The van der Waals surface area contributed by atoms with Gasteiger partial charge in [0.25, 0.3) is 5.56 Å². The van der Waals surface area contributed by atoms with E-state index in [4.69, 9.17) is 0 Å². The summed E-state index contributed by atoms with van der Waals surface area (Å²) in [4.78, 5) is 22.0. The molecule has 0 aliphatic heterocycles. The number of H-pyrrole nitrogens is 1. The minimum absolute atomic E-state index is 0.000217.